The van der Waals surface area contributed by atoms with E-state index in [1.54, 1.807) is 0 Å². The van der Waals surface area contributed by atoms with E-state index in [-0.39, 0.29) is 23.5 Å². The predicted octanol–water partition coefficient (Wildman–Crippen LogP) is 4.93. The molecule has 1 atom stereocenters. The van der Waals surface area contributed by atoms with Crippen molar-refractivity contribution in [2.24, 2.45) is 5.92 Å². The van der Waals surface area contributed by atoms with Crippen molar-refractivity contribution in [2.45, 2.75) is 65.1 Å². The smallest absolute Gasteiger partial charge is 0.223 e. The van der Waals surface area contributed by atoms with E-state index in [4.69, 9.17) is 4.74 Å². The van der Waals surface area contributed by atoms with E-state index in [1.165, 1.54) is 16.7 Å². The number of hydrogen-bond donors (Lipinski definition) is 1. The molecule has 1 amide bonds. The molecule has 0 spiro atoms. The molecule has 0 saturated carbocycles. The van der Waals surface area contributed by atoms with Crippen molar-refractivity contribution in [3.05, 3.63) is 64.7 Å². The molecular weight excluding hydrogens is 372 g/mol. The van der Waals surface area contributed by atoms with Crippen LogP contribution in [0.1, 0.15) is 61.4 Å². The second kappa shape index (κ2) is 8.43. The number of piperidine rings is 1. The molecule has 160 valence electrons. The molecule has 0 bridgehead atoms. The molecule has 1 fully saturated rings. The van der Waals surface area contributed by atoms with Crippen LogP contribution < -0.4 is 10.1 Å². The van der Waals surface area contributed by atoms with Crippen LogP contribution in [0.2, 0.25) is 0 Å². The molecule has 2 aliphatic heterocycles. The quantitative estimate of drug-likeness (QED) is 0.782. The zero-order chi connectivity index (χ0) is 21.3. The Balaban J connectivity index is 1.37. The fourth-order valence-electron chi connectivity index (χ4n) is 4.76. The van der Waals surface area contributed by atoms with Crippen molar-refractivity contribution in [3.8, 4) is 5.75 Å². The first-order valence-corrected chi connectivity index (χ1v) is 11.2. The van der Waals surface area contributed by atoms with Crippen molar-refractivity contribution in [1.82, 2.24) is 10.2 Å². The lowest BCUT2D eigenvalue weighted by Gasteiger charge is -2.39. The highest BCUT2D eigenvalue weighted by Crippen LogP contribution is 2.40. The van der Waals surface area contributed by atoms with Crippen molar-refractivity contribution in [2.75, 3.05) is 13.1 Å². The van der Waals surface area contributed by atoms with Crippen LogP contribution in [0.25, 0.3) is 0 Å². The normalized spacial score (nSPS) is 21.5. The minimum Gasteiger partial charge on any atom is -0.487 e. The number of fused-ring (bicyclic) bond motifs is 1. The van der Waals surface area contributed by atoms with Crippen molar-refractivity contribution in [1.29, 1.82) is 0 Å². The Bertz CT molecular complexity index is 913. The first-order chi connectivity index (χ1) is 14.3. The zero-order valence-electron chi connectivity index (χ0n) is 18.7. The summed E-state index contributed by atoms with van der Waals surface area (Å²) < 4.78 is 6.18. The largest absolute Gasteiger partial charge is 0.487 e. The van der Waals surface area contributed by atoms with Crippen molar-refractivity contribution in [3.63, 3.8) is 0 Å². The second-order valence-electron chi connectivity index (χ2n) is 9.65. The van der Waals surface area contributed by atoms with Gasteiger partial charge in [0.2, 0.25) is 5.91 Å². The standard InChI is InChI=1S/C26H34N2O2/c1-18-9-10-22-23(16-26(3,4)30-24(22)15-18)27-25(29)20-11-13-28(14-12-20)17-21-8-6-5-7-19(21)2/h5-10,15,20,23H,11-14,16-17H2,1-4H3,(H,27,29)/t23-/m0/s1. The minimum absolute atomic E-state index is 0.0156. The molecule has 2 aromatic carbocycles. The molecule has 2 heterocycles. The Morgan fingerprint density at radius 3 is 2.60 bits per heavy atom. The number of amides is 1. The highest BCUT2D eigenvalue weighted by Gasteiger charge is 2.36. The number of nitrogens with zero attached hydrogens (tertiary/aromatic N) is 1. The molecule has 0 aromatic heterocycles. The van der Waals surface area contributed by atoms with Gasteiger partial charge in [-0.3, -0.25) is 9.69 Å². The molecule has 1 saturated heterocycles. The van der Waals surface area contributed by atoms with E-state index in [1.807, 2.05) is 0 Å². The van der Waals surface area contributed by atoms with Gasteiger partial charge < -0.3 is 10.1 Å². The Labute approximate surface area is 180 Å². The van der Waals surface area contributed by atoms with Crippen LogP contribution in [0, 0.1) is 19.8 Å². The average molecular weight is 407 g/mol. The number of aryl methyl sites for hydroxylation is 2. The van der Waals surface area contributed by atoms with E-state index in [2.05, 4.69) is 80.4 Å². The summed E-state index contributed by atoms with van der Waals surface area (Å²) in [6.07, 6.45) is 2.64. The van der Waals surface area contributed by atoms with Crippen LogP contribution >= 0.6 is 0 Å². The van der Waals surface area contributed by atoms with Gasteiger partial charge in [0.15, 0.2) is 0 Å². The molecule has 0 aliphatic carbocycles. The summed E-state index contributed by atoms with van der Waals surface area (Å²) in [5.74, 6) is 1.20. The van der Waals surface area contributed by atoms with Gasteiger partial charge >= 0.3 is 0 Å². The van der Waals surface area contributed by atoms with Crippen molar-refractivity contribution >= 4 is 5.91 Å². The molecular formula is C26H34N2O2. The molecule has 1 N–H and O–H groups in total. The number of likely N-dealkylation sites (tertiary alicyclic amines) is 1. The van der Waals surface area contributed by atoms with E-state index in [0.717, 1.165) is 50.2 Å². The summed E-state index contributed by atoms with van der Waals surface area (Å²) in [6.45, 7) is 11.4. The Morgan fingerprint density at radius 2 is 1.87 bits per heavy atom. The summed E-state index contributed by atoms with van der Waals surface area (Å²) in [6, 6.07) is 14.9. The average Bonchev–Trinajstić information content (AvgIpc) is 2.69. The fourth-order valence-corrected chi connectivity index (χ4v) is 4.76. The van der Waals surface area contributed by atoms with Gasteiger partial charge in [-0.05, 0) is 76.4 Å². The SMILES string of the molecule is Cc1ccc2c(c1)OC(C)(C)C[C@@H]2NC(=O)C1CCN(Cc2ccccc2C)CC1. The third kappa shape index (κ3) is 4.70. The van der Waals surface area contributed by atoms with Gasteiger partial charge in [0.1, 0.15) is 11.4 Å². The van der Waals surface area contributed by atoms with Crippen LogP contribution in [0.4, 0.5) is 0 Å². The number of carbonyl (C=O) groups is 1. The van der Waals surface area contributed by atoms with E-state index in [0.29, 0.717) is 0 Å². The summed E-state index contributed by atoms with van der Waals surface area (Å²) in [5, 5.41) is 3.36. The summed E-state index contributed by atoms with van der Waals surface area (Å²) in [4.78, 5) is 15.6. The van der Waals surface area contributed by atoms with E-state index in [9.17, 15) is 4.79 Å². The lowest BCUT2D eigenvalue weighted by molar-refractivity contribution is -0.127. The molecule has 0 unspecified atom stereocenters. The topological polar surface area (TPSA) is 41.6 Å². The predicted molar refractivity (Wildman–Crippen MR) is 121 cm³/mol. The zero-order valence-corrected chi connectivity index (χ0v) is 18.7. The number of rotatable bonds is 4. The number of hydrogen-bond acceptors (Lipinski definition) is 3. The number of ether oxygens (including phenoxy) is 1. The van der Waals surface area contributed by atoms with E-state index < -0.39 is 0 Å². The fraction of sp³-hybridized carbons (Fsp3) is 0.500. The Kier molecular flexibility index (Phi) is 5.88. The van der Waals surface area contributed by atoms with E-state index >= 15 is 0 Å². The minimum atomic E-state index is -0.282. The molecule has 30 heavy (non-hydrogen) atoms. The molecule has 0 radical (unpaired) electrons. The summed E-state index contributed by atoms with van der Waals surface area (Å²) >= 11 is 0. The third-order valence-electron chi connectivity index (χ3n) is 6.56. The highest BCUT2D eigenvalue weighted by molar-refractivity contribution is 5.79. The second-order valence-corrected chi connectivity index (χ2v) is 9.65. The Morgan fingerprint density at radius 1 is 1.13 bits per heavy atom. The van der Waals surface area contributed by atoms with Crippen LogP contribution in [0.5, 0.6) is 5.75 Å². The Hall–Kier alpha value is -2.33. The highest BCUT2D eigenvalue weighted by atomic mass is 16.5. The van der Waals surface area contributed by atoms with Gasteiger partial charge in [-0.15, -0.1) is 0 Å². The molecule has 4 nitrogen and oxygen atoms in total. The molecule has 4 heteroatoms. The number of benzene rings is 2. The monoisotopic (exact) mass is 406 g/mol. The van der Waals surface area contributed by atoms with Gasteiger partial charge in [-0.1, -0.05) is 36.4 Å². The lowest BCUT2D eigenvalue weighted by Crippen LogP contribution is -2.45. The molecule has 2 aliphatic rings. The van der Waals surface area contributed by atoms with Crippen LogP contribution in [0.3, 0.4) is 0 Å². The maximum atomic E-state index is 13.1. The molecule has 4 rings (SSSR count). The maximum Gasteiger partial charge on any atom is 0.223 e. The van der Waals surface area contributed by atoms with Gasteiger partial charge in [-0.2, -0.15) is 0 Å². The third-order valence-corrected chi connectivity index (χ3v) is 6.56. The first-order valence-electron chi connectivity index (χ1n) is 11.2. The lowest BCUT2D eigenvalue weighted by atomic mass is 9.88. The van der Waals surface area contributed by atoms with Crippen LogP contribution in [-0.2, 0) is 11.3 Å². The summed E-state index contributed by atoms with van der Waals surface area (Å²) in [7, 11) is 0. The maximum absolute atomic E-state index is 13.1. The number of nitrogens with one attached hydrogen (secondary N) is 1. The van der Waals surface area contributed by atoms with Crippen molar-refractivity contribution < 1.29 is 9.53 Å². The van der Waals surface area contributed by atoms with Crippen LogP contribution in [-0.4, -0.2) is 29.5 Å². The van der Waals surface area contributed by atoms with Gasteiger partial charge in [0.25, 0.3) is 0 Å². The molecule has 2 aromatic rings. The van der Waals surface area contributed by atoms with Gasteiger partial charge in [-0.25, -0.2) is 0 Å². The number of carbonyl (C=O) groups excluding carboxylic acids is 1. The van der Waals surface area contributed by atoms with Crippen LogP contribution in [0.15, 0.2) is 42.5 Å². The summed E-state index contributed by atoms with van der Waals surface area (Å²) in [5.41, 5.74) is 4.73. The first kappa shape index (κ1) is 20.9. The van der Waals surface area contributed by atoms with Gasteiger partial charge in [0, 0.05) is 24.4 Å². The van der Waals surface area contributed by atoms with Gasteiger partial charge in [0.05, 0.1) is 6.04 Å².